The van der Waals surface area contributed by atoms with Crippen LogP contribution in [0.3, 0.4) is 0 Å². The number of rotatable bonds is 6. The SMILES string of the molecule is C#CCCN(C)CC(C)CC(C)O. The van der Waals surface area contributed by atoms with E-state index in [0.29, 0.717) is 5.92 Å². The van der Waals surface area contributed by atoms with Crippen LogP contribution in [0.15, 0.2) is 0 Å². The lowest BCUT2D eigenvalue weighted by Gasteiger charge is -2.21. The Labute approximate surface area is 81.9 Å². The third kappa shape index (κ3) is 7.83. The van der Waals surface area contributed by atoms with Gasteiger partial charge in [0.1, 0.15) is 0 Å². The van der Waals surface area contributed by atoms with E-state index < -0.39 is 0 Å². The van der Waals surface area contributed by atoms with Crippen molar-refractivity contribution in [3.63, 3.8) is 0 Å². The van der Waals surface area contributed by atoms with Crippen LogP contribution in [0, 0.1) is 18.3 Å². The van der Waals surface area contributed by atoms with Gasteiger partial charge in [-0.25, -0.2) is 0 Å². The van der Waals surface area contributed by atoms with Gasteiger partial charge >= 0.3 is 0 Å². The molecule has 0 aliphatic carbocycles. The van der Waals surface area contributed by atoms with Gasteiger partial charge in [-0.3, -0.25) is 0 Å². The van der Waals surface area contributed by atoms with Crippen LogP contribution in [0.1, 0.15) is 26.7 Å². The first-order chi connectivity index (χ1) is 6.06. The third-order valence-electron chi connectivity index (χ3n) is 2.00. The van der Waals surface area contributed by atoms with E-state index in [0.717, 1.165) is 25.9 Å². The van der Waals surface area contributed by atoms with E-state index in [-0.39, 0.29) is 6.10 Å². The molecule has 2 unspecified atom stereocenters. The second-order valence-electron chi connectivity index (χ2n) is 3.91. The molecule has 0 aromatic rings. The van der Waals surface area contributed by atoms with Gasteiger partial charge < -0.3 is 10.0 Å². The lowest BCUT2D eigenvalue weighted by molar-refractivity contribution is 0.150. The Morgan fingerprint density at radius 3 is 2.54 bits per heavy atom. The minimum Gasteiger partial charge on any atom is -0.393 e. The van der Waals surface area contributed by atoms with Crippen molar-refractivity contribution in [1.82, 2.24) is 4.90 Å². The van der Waals surface area contributed by atoms with Crippen LogP contribution in [0.25, 0.3) is 0 Å². The largest absolute Gasteiger partial charge is 0.393 e. The highest BCUT2D eigenvalue weighted by Gasteiger charge is 2.08. The molecule has 2 atom stereocenters. The van der Waals surface area contributed by atoms with Gasteiger partial charge in [0.05, 0.1) is 6.10 Å². The minimum absolute atomic E-state index is 0.198. The van der Waals surface area contributed by atoms with Crippen LogP contribution in [0.2, 0.25) is 0 Å². The quantitative estimate of drug-likeness (QED) is 0.628. The van der Waals surface area contributed by atoms with E-state index in [2.05, 4.69) is 24.8 Å². The van der Waals surface area contributed by atoms with Crippen LogP contribution in [-0.4, -0.2) is 36.2 Å². The zero-order valence-corrected chi connectivity index (χ0v) is 8.95. The van der Waals surface area contributed by atoms with Crippen molar-refractivity contribution in [3.8, 4) is 12.3 Å². The maximum atomic E-state index is 9.16. The first-order valence-electron chi connectivity index (χ1n) is 4.86. The maximum absolute atomic E-state index is 9.16. The molecular weight excluding hydrogens is 162 g/mol. The first kappa shape index (κ1) is 12.5. The van der Waals surface area contributed by atoms with Gasteiger partial charge in [-0.1, -0.05) is 6.92 Å². The summed E-state index contributed by atoms with van der Waals surface area (Å²) in [4.78, 5) is 2.22. The number of hydrogen-bond donors (Lipinski definition) is 1. The molecule has 1 N–H and O–H groups in total. The summed E-state index contributed by atoms with van der Waals surface area (Å²) < 4.78 is 0. The molecule has 0 aromatic heterocycles. The van der Waals surface area contributed by atoms with Crippen molar-refractivity contribution >= 4 is 0 Å². The summed E-state index contributed by atoms with van der Waals surface area (Å²) in [6.07, 6.45) is 6.64. The number of hydrogen-bond acceptors (Lipinski definition) is 2. The molecule has 0 bridgehead atoms. The number of nitrogens with zero attached hydrogens (tertiary/aromatic N) is 1. The van der Waals surface area contributed by atoms with E-state index in [1.54, 1.807) is 0 Å². The summed E-state index contributed by atoms with van der Waals surface area (Å²) in [7, 11) is 2.07. The van der Waals surface area contributed by atoms with E-state index in [1.807, 2.05) is 6.92 Å². The molecule has 0 radical (unpaired) electrons. The fraction of sp³-hybridized carbons (Fsp3) is 0.818. The van der Waals surface area contributed by atoms with Gasteiger partial charge in [0.2, 0.25) is 0 Å². The molecule has 0 spiro atoms. The van der Waals surface area contributed by atoms with Crippen LogP contribution >= 0.6 is 0 Å². The molecule has 2 heteroatoms. The van der Waals surface area contributed by atoms with Crippen LogP contribution < -0.4 is 0 Å². The summed E-state index contributed by atoms with van der Waals surface area (Å²) in [5, 5.41) is 9.16. The molecule has 0 saturated heterocycles. The molecule has 0 fully saturated rings. The summed E-state index contributed by atoms with van der Waals surface area (Å²) in [5.41, 5.74) is 0. The Morgan fingerprint density at radius 2 is 2.08 bits per heavy atom. The van der Waals surface area contributed by atoms with Gasteiger partial charge in [0.15, 0.2) is 0 Å². The Balaban J connectivity index is 3.53. The molecule has 0 aliphatic rings. The van der Waals surface area contributed by atoms with Gasteiger partial charge in [0.25, 0.3) is 0 Å². The van der Waals surface area contributed by atoms with E-state index in [4.69, 9.17) is 11.5 Å². The average molecular weight is 183 g/mol. The van der Waals surface area contributed by atoms with E-state index in [1.165, 1.54) is 0 Å². The molecule has 0 aromatic carbocycles. The zero-order chi connectivity index (χ0) is 10.3. The third-order valence-corrected chi connectivity index (χ3v) is 2.00. The van der Waals surface area contributed by atoms with Gasteiger partial charge in [0, 0.05) is 19.5 Å². The topological polar surface area (TPSA) is 23.5 Å². The smallest absolute Gasteiger partial charge is 0.0515 e. The summed E-state index contributed by atoms with van der Waals surface area (Å²) in [5.74, 6) is 3.15. The molecule has 0 rings (SSSR count). The lowest BCUT2D eigenvalue weighted by atomic mass is 10.0. The molecule has 76 valence electrons. The standard InChI is InChI=1S/C11H21NO/c1-5-6-7-12(4)9-10(2)8-11(3)13/h1,10-11,13H,6-9H2,2-4H3. The first-order valence-corrected chi connectivity index (χ1v) is 4.86. The molecule has 0 aliphatic heterocycles. The Hall–Kier alpha value is -0.520. The summed E-state index contributed by atoms with van der Waals surface area (Å²) in [6.45, 7) is 5.93. The molecule has 0 saturated carbocycles. The van der Waals surface area contributed by atoms with Gasteiger partial charge in [-0.15, -0.1) is 12.3 Å². The van der Waals surface area contributed by atoms with Gasteiger partial charge in [-0.2, -0.15) is 0 Å². The van der Waals surface area contributed by atoms with Crippen molar-refractivity contribution < 1.29 is 5.11 Å². The lowest BCUT2D eigenvalue weighted by Crippen LogP contribution is -2.26. The average Bonchev–Trinajstić information content (AvgIpc) is 1.98. The second kappa shape index (κ2) is 6.94. The number of aliphatic hydroxyl groups is 1. The minimum atomic E-state index is -0.198. The predicted molar refractivity (Wildman–Crippen MR) is 56.4 cm³/mol. The Kier molecular flexibility index (Phi) is 6.66. The fourth-order valence-electron chi connectivity index (χ4n) is 1.54. The summed E-state index contributed by atoms with van der Waals surface area (Å²) in [6, 6.07) is 0. The Bertz CT molecular complexity index is 160. The van der Waals surface area contributed by atoms with E-state index in [9.17, 15) is 0 Å². The maximum Gasteiger partial charge on any atom is 0.0515 e. The predicted octanol–water partition coefficient (Wildman–Crippen LogP) is 1.35. The highest BCUT2D eigenvalue weighted by Crippen LogP contribution is 2.07. The van der Waals surface area contributed by atoms with Crippen molar-refractivity contribution in [3.05, 3.63) is 0 Å². The molecule has 13 heavy (non-hydrogen) atoms. The Morgan fingerprint density at radius 1 is 1.46 bits per heavy atom. The highest BCUT2D eigenvalue weighted by atomic mass is 16.3. The van der Waals surface area contributed by atoms with Crippen molar-refractivity contribution in [2.75, 3.05) is 20.1 Å². The monoisotopic (exact) mass is 183 g/mol. The van der Waals surface area contributed by atoms with Crippen LogP contribution in [-0.2, 0) is 0 Å². The van der Waals surface area contributed by atoms with Crippen molar-refractivity contribution in [2.45, 2.75) is 32.8 Å². The van der Waals surface area contributed by atoms with Crippen LogP contribution in [0.5, 0.6) is 0 Å². The van der Waals surface area contributed by atoms with Gasteiger partial charge in [-0.05, 0) is 26.3 Å². The number of terminal acetylenes is 1. The normalized spacial score (nSPS) is 15.4. The highest BCUT2D eigenvalue weighted by molar-refractivity contribution is 4.84. The molecule has 2 nitrogen and oxygen atoms in total. The van der Waals surface area contributed by atoms with E-state index >= 15 is 0 Å². The van der Waals surface area contributed by atoms with Crippen molar-refractivity contribution in [1.29, 1.82) is 0 Å². The number of aliphatic hydroxyl groups excluding tert-OH is 1. The molecule has 0 amide bonds. The second-order valence-corrected chi connectivity index (χ2v) is 3.91. The molecule has 0 heterocycles. The molecular formula is C11H21NO. The summed E-state index contributed by atoms with van der Waals surface area (Å²) >= 11 is 0. The van der Waals surface area contributed by atoms with Crippen LogP contribution in [0.4, 0.5) is 0 Å². The fourth-order valence-corrected chi connectivity index (χ4v) is 1.54. The zero-order valence-electron chi connectivity index (χ0n) is 8.95. The van der Waals surface area contributed by atoms with Crippen molar-refractivity contribution in [2.24, 2.45) is 5.92 Å².